The Kier molecular flexibility index (Phi) is 4.12. The second kappa shape index (κ2) is 6.92. The maximum Gasteiger partial charge on any atom is 0.321 e. The van der Waals surface area contributed by atoms with Crippen LogP contribution in [0.1, 0.15) is 0 Å². The number of carbonyl (C=O) groups excluding carboxylic acids is 1. The van der Waals surface area contributed by atoms with Crippen molar-refractivity contribution in [2.45, 2.75) is 0 Å². The van der Waals surface area contributed by atoms with Crippen LogP contribution in [0.2, 0.25) is 0 Å². The summed E-state index contributed by atoms with van der Waals surface area (Å²) in [5, 5.41) is 4.07. The van der Waals surface area contributed by atoms with E-state index in [0.29, 0.717) is 30.3 Å². The van der Waals surface area contributed by atoms with Crippen molar-refractivity contribution in [1.29, 1.82) is 0 Å². The molecular formula is C21H20N4O3. The summed E-state index contributed by atoms with van der Waals surface area (Å²) in [5.41, 5.74) is 2.83. The van der Waals surface area contributed by atoms with E-state index in [9.17, 15) is 4.79 Å². The zero-order chi connectivity index (χ0) is 18.9. The highest BCUT2D eigenvalue weighted by atomic mass is 16.7. The second-order valence-corrected chi connectivity index (χ2v) is 6.82. The van der Waals surface area contributed by atoms with E-state index >= 15 is 0 Å². The highest BCUT2D eigenvalue weighted by Gasteiger charge is 2.23. The molecule has 5 rings (SSSR count). The summed E-state index contributed by atoms with van der Waals surface area (Å²) in [7, 11) is 0. The van der Waals surface area contributed by atoms with Crippen LogP contribution in [0, 0.1) is 0 Å². The first-order chi connectivity index (χ1) is 13.8. The number of carbonyl (C=O) groups is 1. The summed E-state index contributed by atoms with van der Waals surface area (Å²) in [4.78, 5) is 21.3. The third-order valence-corrected chi connectivity index (χ3v) is 5.14. The average Bonchev–Trinajstić information content (AvgIpc) is 3.21. The minimum absolute atomic E-state index is 0.102. The van der Waals surface area contributed by atoms with Gasteiger partial charge in [-0.2, -0.15) is 0 Å². The first-order valence-electron chi connectivity index (χ1n) is 9.32. The Bertz CT molecular complexity index is 1030. The van der Waals surface area contributed by atoms with E-state index in [1.54, 1.807) is 6.07 Å². The van der Waals surface area contributed by atoms with Gasteiger partial charge in [-0.05, 0) is 24.3 Å². The molecule has 28 heavy (non-hydrogen) atoms. The van der Waals surface area contributed by atoms with Crippen LogP contribution >= 0.6 is 0 Å². The van der Waals surface area contributed by atoms with E-state index in [1.807, 2.05) is 29.3 Å². The number of aromatic nitrogens is 1. The number of para-hydroxylation sites is 1. The summed E-state index contributed by atoms with van der Waals surface area (Å²) in [5.74, 6) is 1.36. The molecule has 2 aromatic carbocycles. The van der Waals surface area contributed by atoms with Crippen molar-refractivity contribution in [3.63, 3.8) is 0 Å². The van der Waals surface area contributed by atoms with Crippen molar-refractivity contribution < 1.29 is 14.3 Å². The predicted octanol–water partition coefficient (Wildman–Crippen LogP) is 3.32. The molecular weight excluding hydrogens is 356 g/mol. The number of anilines is 2. The summed E-state index contributed by atoms with van der Waals surface area (Å²) >= 11 is 0. The topological polar surface area (TPSA) is 66.9 Å². The van der Waals surface area contributed by atoms with Gasteiger partial charge in [-0.1, -0.05) is 18.2 Å². The fraction of sp³-hybridized carbons (Fsp3) is 0.238. The Morgan fingerprint density at radius 2 is 1.79 bits per heavy atom. The predicted molar refractivity (Wildman–Crippen MR) is 107 cm³/mol. The number of hydrogen-bond acceptors (Lipinski definition) is 5. The SMILES string of the molecule is O=C(Nc1ccc2c(c1)OCO2)N1CCN(c2cccc3cccnc23)CC1. The van der Waals surface area contributed by atoms with E-state index in [2.05, 4.69) is 39.5 Å². The number of ether oxygens (including phenoxy) is 2. The summed E-state index contributed by atoms with van der Waals surface area (Å²) in [6, 6.07) is 15.6. The maximum atomic E-state index is 12.6. The smallest absolute Gasteiger partial charge is 0.321 e. The molecule has 2 aliphatic heterocycles. The van der Waals surface area contributed by atoms with Crippen molar-refractivity contribution in [3.8, 4) is 11.5 Å². The van der Waals surface area contributed by atoms with Crippen LogP contribution in [-0.4, -0.2) is 48.9 Å². The van der Waals surface area contributed by atoms with Gasteiger partial charge < -0.3 is 24.6 Å². The normalized spacial score (nSPS) is 15.7. The lowest BCUT2D eigenvalue weighted by molar-refractivity contribution is 0.174. The lowest BCUT2D eigenvalue weighted by atomic mass is 10.1. The first kappa shape index (κ1) is 16.7. The molecule has 3 heterocycles. The van der Waals surface area contributed by atoms with Gasteiger partial charge in [0.15, 0.2) is 11.5 Å². The van der Waals surface area contributed by atoms with E-state index in [4.69, 9.17) is 9.47 Å². The second-order valence-electron chi connectivity index (χ2n) is 6.82. The van der Waals surface area contributed by atoms with Crippen LogP contribution < -0.4 is 19.7 Å². The number of nitrogens with zero attached hydrogens (tertiary/aromatic N) is 3. The molecule has 0 unspecified atom stereocenters. The van der Waals surface area contributed by atoms with E-state index < -0.39 is 0 Å². The Balaban J connectivity index is 1.25. The molecule has 0 saturated carbocycles. The van der Waals surface area contributed by atoms with Crippen molar-refractivity contribution in [2.75, 3.05) is 43.2 Å². The van der Waals surface area contributed by atoms with Gasteiger partial charge >= 0.3 is 6.03 Å². The maximum absolute atomic E-state index is 12.6. The molecule has 7 nitrogen and oxygen atoms in total. The van der Waals surface area contributed by atoms with Crippen molar-refractivity contribution in [3.05, 3.63) is 54.7 Å². The molecule has 7 heteroatoms. The number of rotatable bonds is 2. The highest BCUT2D eigenvalue weighted by Crippen LogP contribution is 2.34. The number of benzene rings is 2. The lowest BCUT2D eigenvalue weighted by Gasteiger charge is -2.36. The summed E-state index contributed by atoms with van der Waals surface area (Å²) in [6.07, 6.45) is 1.82. The molecule has 0 radical (unpaired) electrons. The largest absolute Gasteiger partial charge is 0.454 e. The number of nitrogens with one attached hydrogen (secondary N) is 1. The standard InChI is InChI=1S/C21H20N4O3/c26-21(23-16-6-7-18-19(13-16)28-14-27-18)25-11-9-24(10-12-25)17-5-1-3-15-4-2-8-22-20(15)17/h1-8,13H,9-12,14H2,(H,23,26). The molecule has 3 aromatic rings. The van der Waals surface area contributed by atoms with Crippen molar-refractivity contribution >= 4 is 28.3 Å². The molecule has 1 aromatic heterocycles. The Labute approximate surface area is 162 Å². The lowest BCUT2D eigenvalue weighted by Crippen LogP contribution is -2.50. The van der Waals surface area contributed by atoms with Gasteiger partial charge in [0.05, 0.1) is 11.2 Å². The van der Waals surface area contributed by atoms with E-state index in [-0.39, 0.29) is 12.8 Å². The molecule has 0 aliphatic carbocycles. The number of hydrogen-bond donors (Lipinski definition) is 1. The van der Waals surface area contributed by atoms with Gasteiger partial charge in [0.2, 0.25) is 6.79 Å². The minimum Gasteiger partial charge on any atom is -0.454 e. The average molecular weight is 376 g/mol. The Hall–Kier alpha value is -3.48. The zero-order valence-corrected chi connectivity index (χ0v) is 15.3. The fourth-order valence-corrected chi connectivity index (χ4v) is 3.67. The van der Waals surface area contributed by atoms with Crippen molar-refractivity contribution in [1.82, 2.24) is 9.88 Å². The molecule has 0 spiro atoms. The van der Waals surface area contributed by atoms with Crippen LogP contribution in [-0.2, 0) is 0 Å². The minimum atomic E-state index is -0.102. The molecule has 2 amide bonds. The van der Waals surface area contributed by atoms with Gasteiger partial charge in [-0.25, -0.2) is 4.79 Å². The quantitative estimate of drug-likeness (QED) is 0.743. The van der Waals surface area contributed by atoms with Crippen LogP contribution in [0.3, 0.4) is 0 Å². The molecule has 1 saturated heterocycles. The molecule has 1 fully saturated rings. The number of urea groups is 1. The number of pyridine rings is 1. The van der Waals surface area contributed by atoms with Gasteiger partial charge in [0.1, 0.15) is 0 Å². The molecule has 0 atom stereocenters. The van der Waals surface area contributed by atoms with Gasteiger partial charge in [0, 0.05) is 49.5 Å². The zero-order valence-electron chi connectivity index (χ0n) is 15.3. The third kappa shape index (κ3) is 3.05. The van der Waals surface area contributed by atoms with Crippen LogP contribution in [0.4, 0.5) is 16.2 Å². The number of piperazine rings is 1. The van der Waals surface area contributed by atoms with Gasteiger partial charge in [0.25, 0.3) is 0 Å². The monoisotopic (exact) mass is 376 g/mol. The van der Waals surface area contributed by atoms with Crippen LogP contribution in [0.25, 0.3) is 10.9 Å². The molecule has 1 N–H and O–H groups in total. The van der Waals surface area contributed by atoms with Gasteiger partial charge in [-0.3, -0.25) is 4.98 Å². The van der Waals surface area contributed by atoms with Gasteiger partial charge in [-0.15, -0.1) is 0 Å². The van der Waals surface area contributed by atoms with Crippen LogP contribution in [0.5, 0.6) is 11.5 Å². The first-order valence-corrected chi connectivity index (χ1v) is 9.32. The highest BCUT2D eigenvalue weighted by molar-refractivity contribution is 5.92. The number of fused-ring (bicyclic) bond motifs is 2. The Morgan fingerprint density at radius 3 is 2.68 bits per heavy atom. The molecule has 142 valence electrons. The van der Waals surface area contributed by atoms with E-state index in [0.717, 1.165) is 29.7 Å². The number of amides is 2. The van der Waals surface area contributed by atoms with Crippen LogP contribution in [0.15, 0.2) is 54.7 Å². The van der Waals surface area contributed by atoms with Crippen molar-refractivity contribution in [2.24, 2.45) is 0 Å². The fourth-order valence-electron chi connectivity index (χ4n) is 3.67. The molecule has 2 aliphatic rings. The Morgan fingerprint density at radius 1 is 0.964 bits per heavy atom. The summed E-state index contributed by atoms with van der Waals surface area (Å²) < 4.78 is 10.7. The third-order valence-electron chi connectivity index (χ3n) is 5.14. The summed E-state index contributed by atoms with van der Waals surface area (Å²) in [6.45, 7) is 3.06. The van der Waals surface area contributed by atoms with E-state index in [1.165, 1.54) is 0 Å². The molecule has 0 bridgehead atoms.